The lowest BCUT2D eigenvalue weighted by atomic mass is 10.1. The van der Waals surface area contributed by atoms with Crippen molar-refractivity contribution >= 4 is 29.0 Å². The predicted molar refractivity (Wildman–Crippen MR) is 65.6 cm³/mol. The molecule has 1 aromatic rings. The highest BCUT2D eigenvalue weighted by molar-refractivity contribution is 6.44. The molecule has 3 nitrogen and oxygen atoms in total. The Balaban J connectivity index is 2.98. The maximum Gasteiger partial charge on any atom is 0.164 e. The van der Waals surface area contributed by atoms with E-state index in [0.717, 1.165) is 0 Å². The SMILES string of the molecule is COc1ccc(C(=O)CCCN)c(Cl)c1Cl. The van der Waals surface area contributed by atoms with Gasteiger partial charge in [0, 0.05) is 12.0 Å². The first-order valence-electron chi connectivity index (χ1n) is 4.87. The van der Waals surface area contributed by atoms with Crippen molar-refractivity contribution in [1.29, 1.82) is 0 Å². The van der Waals surface area contributed by atoms with E-state index in [0.29, 0.717) is 30.7 Å². The van der Waals surface area contributed by atoms with Crippen LogP contribution in [-0.4, -0.2) is 19.4 Å². The summed E-state index contributed by atoms with van der Waals surface area (Å²) in [6.45, 7) is 0.479. The average Bonchev–Trinajstić information content (AvgIpc) is 2.29. The van der Waals surface area contributed by atoms with E-state index < -0.39 is 0 Å². The maximum atomic E-state index is 11.7. The molecule has 5 heteroatoms. The molecular formula is C11H13Cl2NO2. The summed E-state index contributed by atoms with van der Waals surface area (Å²) in [4.78, 5) is 11.7. The summed E-state index contributed by atoms with van der Waals surface area (Å²) >= 11 is 11.9. The summed E-state index contributed by atoms with van der Waals surface area (Å²) in [6.07, 6.45) is 1.01. The zero-order valence-electron chi connectivity index (χ0n) is 8.93. The van der Waals surface area contributed by atoms with E-state index >= 15 is 0 Å². The lowest BCUT2D eigenvalue weighted by Crippen LogP contribution is -2.05. The number of methoxy groups -OCH3 is 1. The number of ketones is 1. The molecule has 1 rings (SSSR count). The normalized spacial score (nSPS) is 10.2. The van der Waals surface area contributed by atoms with Gasteiger partial charge in [-0.1, -0.05) is 23.2 Å². The highest BCUT2D eigenvalue weighted by atomic mass is 35.5. The van der Waals surface area contributed by atoms with Crippen molar-refractivity contribution in [1.82, 2.24) is 0 Å². The second kappa shape index (κ2) is 6.09. The fraction of sp³-hybridized carbons (Fsp3) is 0.364. The molecule has 0 saturated carbocycles. The van der Waals surface area contributed by atoms with E-state index in [9.17, 15) is 4.79 Å². The smallest absolute Gasteiger partial charge is 0.164 e. The Labute approximate surface area is 104 Å². The number of carbonyl (C=O) groups is 1. The first-order valence-corrected chi connectivity index (χ1v) is 5.62. The van der Waals surface area contributed by atoms with Crippen LogP contribution in [0.15, 0.2) is 12.1 Å². The van der Waals surface area contributed by atoms with Crippen LogP contribution < -0.4 is 10.5 Å². The van der Waals surface area contributed by atoms with Gasteiger partial charge in [-0.2, -0.15) is 0 Å². The number of benzene rings is 1. The fourth-order valence-corrected chi connectivity index (χ4v) is 1.81. The van der Waals surface area contributed by atoms with Crippen LogP contribution in [0.2, 0.25) is 10.0 Å². The maximum absolute atomic E-state index is 11.7. The van der Waals surface area contributed by atoms with Gasteiger partial charge < -0.3 is 10.5 Å². The second-order valence-corrected chi connectivity index (χ2v) is 4.01. The molecule has 0 fully saturated rings. The summed E-state index contributed by atoms with van der Waals surface area (Å²) in [5, 5.41) is 0.505. The number of hydrogen-bond donors (Lipinski definition) is 1. The predicted octanol–water partition coefficient (Wildman–Crippen LogP) is 2.92. The molecule has 0 heterocycles. The number of hydrogen-bond acceptors (Lipinski definition) is 3. The Morgan fingerprint density at radius 2 is 2.06 bits per heavy atom. The largest absolute Gasteiger partial charge is 0.495 e. The molecule has 88 valence electrons. The molecule has 1 aromatic carbocycles. The van der Waals surface area contributed by atoms with E-state index in [-0.39, 0.29) is 15.8 Å². The minimum Gasteiger partial charge on any atom is -0.495 e. The third-order valence-electron chi connectivity index (χ3n) is 2.18. The fourth-order valence-electron chi connectivity index (χ4n) is 1.30. The van der Waals surface area contributed by atoms with Crippen molar-refractivity contribution in [2.75, 3.05) is 13.7 Å². The Bertz CT molecular complexity index is 394. The van der Waals surface area contributed by atoms with Crippen molar-refractivity contribution in [3.8, 4) is 5.75 Å². The molecule has 0 aliphatic rings. The van der Waals surface area contributed by atoms with Gasteiger partial charge in [-0.05, 0) is 25.1 Å². The van der Waals surface area contributed by atoms with Crippen LogP contribution in [0.3, 0.4) is 0 Å². The van der Waals surface area contributed by atoms with Crippen LogP contribution in [-0.2, 0) is 0 Å². The Kier molecular flexibility index (Phi) is 5.06. The standard InChI is InChI=1S/C11H13Cl2NO2/c1-16-9-5-4-7(10(12)11(9)13)8(15)3-2-6-14/h4-5H,2-3,6,14H2,1H3. The van der Waals surface area contributed by atoms with Gasteiger partial charge in [-0.3, -0.25) is 4.79 Å². The van der Waals surface area contributed by atoms with Gasteiger partial charge >= 0.3 is 0 Å². The molecule has 0 spiro atoms. The highest BCUT2D eigenvalue weighted by Gasteiger charge is 2.15. The van der Waals surface area contributed by atoms with Gasteiger partial charge in [0.1, 0.15) is 10.8 Å². The highest BCUT2D eigenvalue weighted by Crippen LogP contribution is 2.34. The zero-order chi connectivity index (χ0) is 12.1. The van der Waals surface area contributed by atoms with Crippen LogP contribution in [0.1, 0.15) is 23.2 Å². The van der Waals surface area contributed by atoms with Crippen molar-refractivity contribution in [2.45, 2.75) is 12.8 Å². The molecule has 16 heavy (non-hydrogen) atoms. The van der Waals surface area contributed by atoms with Gasteiger partial charge in [0.25, 0.3) is 0 Å². The summed E-state index contributed by atoms with van der Waals surface area (Å²) in [5.41, 5.74) is 5.75. The third-order valence-corrected chi connectivity index (χ3v) is 3.04. The van der Waals surface area contributed by atoms with Crippen molar-refractivity contribution in [3.05, 3.63) is 27.7 Å². The van der Waals surface area contributed by atoms with E-state index in [1.165, 1.54) is 7.11 Å². The van der Waals surface area contributed by atoms with Crippen molar-refractivity contribution < 1.29 is 9.53 Å². The van der Waals surface area contributed by atoms with Gasteiger partial charge in [-0.25, -0.2) is 0 Å². The van der Waals surface area contributed by atoms with Crippen LogP contribution in [0, 0.1) is 0 Å². The summed E-state index contributed by atoms with van der Waals surface area (Å²) in [5.74, 6) is 0.405. The molecule has 0 atom stereocenters. The van der Waals surface area contributed by atoms with Crippen LogP contribution >= 0.6 is 23.2 Å². The van der Waals surface area contributed by atoms with Crippen LogP contribution in [0.4, 0.5) is 0 Å². The molecule has 0 aliphatic heterocycles. The first kappa shape index (κ1) is 13.3. The molecule has 2 N–H and O–H groups in total. The van der Waals surface area contributed by atoms with Crippen LogP contribution in [0.25, 0.3) is 0 Å². The second-order valence-electron chi connectivity index (χ2n) is 3.26. The Hall–Kier alpha value is -0.770. The Morgan fingerprint density at radius 3 is 2.62 bits per heavy atom. The number of rotatable bonds is 5. The van der Waals surface area contributed by atoms with Crippen molar-refractivity contribution in [2.24, 2.45) is 5.73 Å². The number of Topliss-reactive ketones (excluding diaryl/α,β-unsaturated/α-hetero) is 1. The van der Waals surface area contributed by atoms with E-state index in [1.807, 2.05) is 0 Å². The summed E-state index contributed by atoms with van der Waals surface area (Å²) in [6, 6.07) is 3.25. The van der Waals surface area contributed by atoms with Crippen LogP contribution in [0.5, 0.6) is 5.75 Å². The summed E-state index contributed by atoms with van der Waals surface area (Å²) < 4.78 is 4.99. The van der Waals surface area contributed by atoms with Crippen molar-refractivity contribution in [3.63, 3.8) is 0 Å². The number of nitrogens with two attached hydrogens (primary N) is 1. The van der Waals surface area contributed by atoms with E-state index in [1.54, 1.807) is 12.1 Å². The Morgan fingerprint density at radius 1 is 1.38 bits per heavy atom. The monoisotopic (exact) mass is 261 g/mol. The molecule has 0 aromatic heterocycles. The third kappa shape index (κ3) is 2.88. The number of carbonyl (C=O) groups excluding carboxylic acids is 1. The molecule has 0 unspecified atom stereocenters. The average molecular weight is 262 g/mol. The molecular weight excluding hydrogens is 249 g/mol. The lowest BCUT2D eigenvalue weighted by molar-refractivity contribution is 0.0981. The topological polar surface area (TPSA) is 52.3 Å². The van der Waals surface area contributed by atoms with Gasteiger partial charge in [-0.15, -0.1) is 0 Å². The molecule has 0 radical (unpaired) electrons. The zero-order valence-corrected chi connectivity index (χ0v) is 10.4. The quantitative estimate of drug-likeness (QED) is 0.830. The minimum absolute atomic E-state index is 0.0556. The number of ether oxygens (including phenoxy) is 1. The molecule has 0 saturated heterocycles. The summed E-state index contributed by atoms with van der Waals surface area (Å²) in [7, 11) is 1.49. The molecule has 0 bridgehead atoms. The molecule has 0 aliphatic carbocycles. The van der Waals surface area contributed by atoms with E-state index in [2.05, 4.69) is 0 Å². The van der Waals surface area contributed by atoms with Gasteiger partial charge in [0.2, 0.25) is 0 Å². The van der Waals surface area contributed by atoms with E-state index in [4.69, 9.17) is 33.7 Å². The number of halogens is 2. The minimum atomic E-state index is -0.0556. The first-order chi connectivity index (χ1) is 7.61. The van der Waals surface area contributed by atoms with Gasteiger partial charge in [0.15, 0.2) is 5.78 Å². The lowest BCUT2D eigenvalue weighted by Gasteiger charge is -2.08. The molecule has 0 amide bonds. The van der Waals surface area contributed by atoms with Gasteiger partial charge in [0.05, 0.1) is 12.1 Å².